The van der Waals surface area contributed by atoms with Crippen molar-refractivity contribution in [1.29, 1.82) is 0 Å². The Labute approximate surface area is 332 Å². The molecule has 0 radical (unpaired) electrons. The number of hydrogen-bond acceptors (Lipinski definition) is 12. The first-order valence-electron chi connectivity index (χ1n) is 15.0. The first kappa shape index (κ1) is 44.8. The van der Waals surface area contributed by atoms with Crippen LogP contribution < -0.4 is 0 Å². The van der Waals surface area contributed by atoms with Gasteiger partial charge in [-0.25, -0.2) is 0 Å². The van der Waals surface area contributed by atoms with Crippen LogP contribution in [0.3, 0.4) is 0 Å². The molecule has 0 saturated carbocycles. The normalized spacial score (nSPS) is 11.7. The van der Waals surface area contributed by atoms with E-state index in [4.69, 9.17) is 64.8 Å². The molecule has 1 N–H and O–H groups in total. The molecule has 0 unspecified atom stereocenters. The lowest BCUT2D eigenvalue weighted by atomic mass is 10.1. The molecule has 0 aliphatic rings. The second-order valence-electron chi connectivity index (χ2n) is 10.7. The fraction of sp³-hybridized carbons (Fsp3) is 0.219. The monoisotopic (exact) mass is 894 g/mol. The summed E-state index contributed by atoms with van der Waals surface area (Å²) in [4.78, 5) is 10.6. The topological polar surface area (TPSA) is 163 Å². The molecule has 12 nitrogen and oxygen atoms in total. The van der Waals surface area contributed by atoms with Crippen LogP contribution in [0.1, 0.15) is 41.3 Å². The minimum absolute atomic E-state index is 0.00722. The van der Waals surface area contributed by atoms with Gasteiger partial charge in [0, 0.05) is 23.6 Å². The lowest BCUT2D eigenvalue weighted by Crippen LogP contribution is -2.05. The molecule has 0 atom stereocenters. The van der Waals surface area contributed by atoms with Crippen LogP contribution in [-0.2, 0) is 47.2 Å². The van der Waals surface area contributed by atoms with Crippen LogP contribution in [0.2, 0.25) is 15.1 Å². The molecule has 0 saturated heterocycles. The van der Waals surface area contributed by atoms with Crippen LogP contribution in [0.5, 0.6) is 0 Å². The summed E-state index contributed by atoms with van der Waals surface area (Å²) in [5, 5.41) is 28.8. The molecule has 0 aliphatic carbocycles. The van der Waals surface area contributed by atoms with Crippen LogP contribution in [-0.4, -0.2) is 41.7 Å². The molecule has 304 valence electrons. The van der Waals surface area contributed by atoms with Crippen molar-refractivity contribution >= 4 is 52.4 Å². The average molecular weight is 896 g/mol. The summed E-state index contributed by atoms with van der Waals surface area (Å²) >= 11 is 21.9. The minimum Gasteiger partial charge on any atom is -0.456 e. The maximum absolute atomic E-state index is 12.8. The van der Waals surface area contributed by atoms with Gasteiger partial charge in [0.05, 0.1) is 31.8 Å². The van der Waals surface area contributed by atoms with Crippen molar-refractivity contribution in [2.75, 3.05) is 0 Å². The number of carbonyl (C=O) groups excluding carboxylic acids is 1. The van der Waals surface area contributed by atoms with Crippen LogP contribution in [0.15, 0.2) is 67.8 Å². The zero-order chi connectivity index (χ0) is 42.3. The van der Waals surface area contributed by atoms with Crippen LogP contribution in [0, 0.1) is 0 Å². The van der Waals surface area contributed by atoms with Gasteiger partial charge in [0.1, 0.15) is 12.5 Å². The second-order valence-corrected chi connectivity index (χ2v) is 12.1. The first-order chi connectivity index (χ1) is 26.6. The molecule has 3 heterocycles. The quantitative estimate of drug-likeness (QED) is 0.0918. The van der Waals surface area contributed by atoms with Crippen LogP contribution in [0.4, 0.5) is 39.5 Å². The number of aliphatic hydroxyl groups excluding tert-OH is 1. The number of hydrogen-bond donors (Lipinski definition) is 1. The van der Waals surface area contributed by atoms with E-state index in [1.165, 1.54) is 25.1 Å². The number of ether oxygens (including phenoxy) is 1. The Balaban J connectivity index is 0.000000190. The fourth-order valence-electron chi connectivity index (χ4n) is 4.08. The van der Waals surface area contributed by atoms with Gasteiger partial charge in [-0.05, 0) is 54.6 Å². The molecule has 25 heteroatoms. The Kier molecular flexibility index (Phi) is 14.6. The number of esters is 1. The number of carbonyl (C=O) groups is 1. The van der Waals surface area contributed by atoms with Crippen molar-refractivity contribution in [3.05, 3.63) is 104 Å². The maximum atomic E-state index is 12.8. The van der Waals surface area contributed by atoms with E-state index in [1.807, 2.05) is 0 Å². The van der Waals surface area contributed by atoms with Gasteiger partial charge in [-0.2, -0.15) is 39.5 Å². The Bertz CT molecular complexity index is 2210. The molecule has 3 aromatic carbocycles. The van der Waals surface area contributed by atoms with E-state index >= 15 is 0 Å². The largest absolute Gasteiger partial charge is 0.456 e. The van der Waals surface area contributed by atoms with Gasteiger partial charge < -0.3 is 23.1 Å². The van der Waals surface area contributed by atoms with Crippen molar-refractivity contribution in [2.24, 2.45) is 0 Å². The smallest absolute Gasteiger partial charge is 0.417 e. The Morgan fingerprint density at radius 1 is 0.596 bits per heavy atom. The van der Waals surface area contributed by atoms with Crippen molar-refractivity contribution < 1.29 is 67.4 Å². The number of aromatic nitrogens is 6. The molecule has 3 aromatic heterocycles. The second kappa shape index (κ2) is 18.5. The molecule has 6 aromatic rings. The highest BCUT2D eigenvalue weighted by atomic mass is 35.5. The third-order valence-electron chi connectivity index (χ3n) is 6.61. The molecule has 0 amide bonds. The number of aliphatic hydroxyl groups is 1. The zero-order valence-electron chi connectivity index (χ0n) is 27.9. The number of alkyl halides is 10. The van der Waals surface area contributed by atoms with Gasteiger partial charge in [0.25, 0.3) is 5.89 Å². The standard InChI is InChI=1S/C12H8ClF3N2O3.C10H5Cl2F3N2O.C10H6ClF3N2O2/c1-6(19)20-5-10-17-18-11(21-10)7-2-3-9(13)8(4-7)12(14,15)16;11-4-8-16-17-9(18-8)5-1-2-7(12)6(3-5)10(13,14)15;11-7-2-1-5(3-6(7)10(12,13)14)9-16-15-8(4-17)18-9/h2-4H,5H2,1H3;1-3H,4H2;1-3,17H,4H2. The average Bonchev–Trinajstić information content (AvgIpc) is 3.92. The third-order valence-corrected chi connectivity index (χ3v) is 7.82. The predicted octanol–water partition coefficient (Wildman–Crippen LogP) is 10.5. The molecule has 57 heavy (non-hydrogen) atoms. The number of rotatable bonds is 7. The van der Waals surface area contributed by atoms with Crippen molar-refractivity contribution in [3.63, 3.8) is 0 Å². The number of nitrogens with zero attached hydrogens (tertiary/aromatic N) is 6. The SMILES string of the molecule is CC(=O)OCc1nnc(-c2ccc(Cl)c(C(F)(F)F)c2)o1.FC(F)(F)c1cc(-c2nnc(CCl)o2)ccc1Cl.OCc1nnc(-c2ccc(Cl)c(C(F)(F)F)c2)o1. The molecule has 0 bridgehead atoms. The summed E-state index contributed by atoms with van der Waals surface area (Å²) in [5.74, 6) is -0.784. The summed E-state index contributed by atoms with van der Waals surface area (Å²) in [6.45, 7) is 0.473. The van der Waals surface area contributed by atoms with Crippen molar-refractivity contribution in [2.45, 2.75) is 44.5 Å². The van der Waals surface area contributed by atoms with Gasteiger partial charge in [-0.3, -0.25) is 4.79 Å². The third kappa shape index (κ3) is 12.3. The van der Waals surface area contributed by atoms with Gasteiger partial charge >= 0.3 is 24.5 Å². The van der Waals surface area contributed by atoms with Crippen LogP contribution >= 0.6 is 46.4 Å². The fourth-order valence-corrected chi connectivity index (χ4v) is 4.86. The summed E-state index contributed by atoms with van der Waals surface area (Å²) in [6, 6.07) is 9.81. The lowest BCUT2D eigenvalue weighted by Gasteiger charge is -2.09. The van der Waals surface area contributed by atoms with E-state index < -0.39 is 57.8 Å². The van der Waals surface area contributed by atoms with E-state index in [-0.39, 0.29) is 69.5 Å². The van der Waals surface area contributed by atoms with Gasteiger partial charge in [0.15, 0.2) is 6.61 Å². The van der Waals surface area contributed by atoms with E-state index in [9.17, 15) is 44.3 Å². The highest BCUT2D eigenvalue weighted by Crippen LogP contribution is 2.39. The van der Waals surface area contributed by atoms with Gasteiger partial charge in [-0.1, -0.05) is 34.8 Å². The number of benzene rings is 3. The summed E-state index contributed by atoms with van der Waals surface area (Å²) < 4.78 is 134. The van der Waals surface area contributed by atoms with Crippen LogP contribution in [0.25, 0.3) is 34.4 Å². The van der Waals surface area contributed by atoms with E-state index in [2.05, 4.69) is 35.3 Å². The van der Waals surface area contributed by atoms with Crippen molar-refractivity contribution in [1.82, 2.24) is 30.6 Å². The molecule has 0 aliphatic heterocycles. The van der Waals surface area contributed by atoms with E-state index in [0.717, 1.165) is 36.4 Å². The van der Waals surface area contributed by atoms with Gasteiger partial charge in [0.2, 0.25) is 29.5 Å². The summed E-state index contributed by atoms with van der Waals surface area (Å²) in [7, 11) is 0. The first-order valence-corrected chi connectivity index (χ1v) is 16.7. The Morgan fingerprint density at radius 2 is 0.930 bits per heavy atom. The van der Waals surface area contributed by atoms with E-state index in [0.29, 0.717) is 0 Å². The molecule has 0 spiro atoms. The predicted molar refractivity (Wildman–Crippen MR) is 180 cm³/mol. The zero-order valence-corrected chi connectivity index (χ0v) is 30.9. The van der Waals surface area contributed by atoms with E-state index in [1.54, 1.807) is 0 Å². The van der Waals surface area contributed by atoms with Gasteiger partial charge in [-0.15, -0.1) is 42.2 Å². The molecular formula is C32H19Cl4F9N6O6. The highest BCUT2D eigenvalue weighted by molar-refractivity contribution is 6.32. The summed E-state index contributed by atoms with van der Waals surface area (Å²) in [6.07, 6.45) is -13.7. The Hall–Kier alpha value is -4.96. The Morgan fingerprint density at radius 3 is 1.23 bits per heavy atom. The van der Waals surface area contributed by atoms with Crippen molar-refractivity contribution in [3.8, 4) is 34.4 Å². The molecule has 6 rings (SSSR count). The highest BCUT2D eigenvalue weighted by Gasteiger charge is 2.35. The molecular weight excluding hydrogens is 877 g/mol. The summed E-state index contributed by atoms with van der Waals surface area (Å²) in [5.41, 5.74) is -2.65. The lowest BCUT2D eigenvalue weighted by molar-refractivity contribution is -0.143. The molecule has 0 fully saturated rings. The minimum atomic E-state index is -4.59. The number of halogens is 13. The maximum Gasteiger partial charge on any atom is 0.417 e.